The van der Waals surface area contributed by atoms with Crippen LogP contribution in [0.4, 0.5) is 57.1 Å². The van der Waals surface area contributed by atoms with Crippen LogP contribution in [0.15, 0.2) is 0 Å². The lowest BCUT2D eigenvalue weighted by atomic mass is 9.76. The van der Waals surface area contributed by atoms with E-state index in [1.807, 2.05) is 0 Å². The smallest absolute Gasteiger partial charge is 0.456 e. The van der Waals surface area contributed by atoms with Crippen LogP contribution in [0.2, 0.25) is 0 Å². The van der Waals surface area contributed by atoms with Crippen molar-refractivity contribution in [2.24, 2.45) is 0 Å². The highest BCUT2D eigenvalue weighted by molar-refractivity contribution is 5.64. The minimum atomic E-state index is -7.72. The van der Waals surface area contributed by atoms with Crippen molar-refractivity contribution in [1.29, 1.82) is 0 Å². The number of alkyl halides is 13. The average molecular weight is 391 g/mol. The Morgan fingerprint density at radius 3 is 1.21 bits per heavy atom. The van der Waals surface area contributed by atoms with Crippen LogP contribution >= 0.6 is 0 Å². The summed E-state index contributed by atoms with van der Waals surface area (Å²) in [5.74, 6) is -10.3. The molecule has 0 aromatic heterocycles. The second kappa shape index (κ2) is 5.82. The molecule has 0 rings (SSSR count). The monoisotopic (exact) mass is 391 g/mol. The molecule has 0 spiro atoms. The Balaban J connectivity index is 6.76. The molecule has 1 unspecified atom stereocenters. The molecule has 0 N–H and O–H groups in total. The molecule has 0 aliphatic carbocycles. The molecule has 0 saturated carbocycles. The zero-order valence-corrected chi connectivity index (χ0v) is 10.6. The zero-order chi connectivity index (χ0) is 20.0. The van der Waals surface area contributed by atoms with Crippen molar-refractivity contribution < 1.29 is 67.0 Å². The lowest BCUT2D eigenvalue weighted by molar-refractivity contribution is -0.430. The first-order chi connectivity index (χ1) is 10.2. The second-order valence-corrected chi connectivity index (χ2v) is 4.40. The maximum absolute atomic E-state index is 13.9. The average Bonchev–Trinajstić information content (AvgIpc) is 2.30. The number of hydrogen-bond acceptors (Lipinski definition) is 2. The minimum absolute atomic E-state index is 2.49. The minimum Gasteiger partial charge on any atom is -0.550 e. The van der Waals surface area contributed by atoms with E-state index in [-0.39, 0.29) is 0 Å². The molecule has 0 aliphatic rings. The van der Waals surface area contributed by atoms with Gasteiger partial charge in [-0.3, -0.25) is 0 Å². The van der Waals surface area contributed by atoms with Crippen LogP contribution in [0.5, 0.6) is 0 Å². The summed E-state index contributed by atoms with van der Waals surface area (Å²) in [5, 5.41) is 9.96. The predicted octanol–water partition coefficient (Wildman–Crippen LogP) is 3.26. The van der Waals surface area contributed by atoms with Gasteiger partial charge in [-0.25, -0.2) is 8.78 Å². The second-order valence-electron chi connectivity index (χ2n) is 4.40. The Bertz CT molecular complexity index is 459. The first kappa shape index (κ1) is 22.6. The molecule has 15 heteroatoms. The van der Waals surface area contributed by atoms with Gasteiger partial charge in [-0.1, -0.05) is 0 Å². The van der Waals surface area contributed by atoms with Crippen molar-refractivity contribution in [3.63, 3.8) is 0 Å². The molecule has 0 fully saturated rings. The molecular formula is C9H4F13O2-. The summed E-state index contributed by atoms with van der Waals surface area (Å²) >= 11 is 0. The van der Waals surface area contributed by atoms with Crippen molar-refractivity contribution in [1.82, 2.24) is 0 Å². The molecule has 144 valence electrons. The van der Waals surface area contributed by atoms with Gasteiger partial charge < -0.3 is 9.90 Å². The van der Waals surface area contributed by atoms with Crippen LogP contribution < -0.4 is 5.11 Å². The summed E-state index contributed by atoms with van der Waals surface area (Å²) in [7, 11) is 0. The largest absolute Gasteiger partial charge is 0.550 e. The van der Waals surface area contributed by atoms with E-state index in [4.69, 9.17) is 0 Å². The number of carbonyl (C=O) groups is 1. The van der Waals surface area contributed by atoms with Crippen molar-refractivity contribution >= 4 is 5.97 Å². The van der Waals surface area contributed by atoms with E-state index in [0.717, 1.165) is 0 Å². The van der Waals surface area contributed by atoms with E-state index in [9.17, 15) is 67.0 Å². The molecule has 24 heavy (non-hydrogen) atoms. The Hall–Kier alpha value is -1.44. The van der Waals surface area contributed by atoms with Crippen molar-refractivity contribution in [2.45, 2.75) is 48.6 Å². The van der Waals surface area contributed by atoms with Crippen LogP contribution in [-0.4, -0.2) is 41.8 Å². The van der Waals surface area contributed by atoms with Crippen molar-refractivity contribution in [3.05, 3.63) is 0 Å². The molecule has 1 atom stereocenters. The standard InChI is InChI=1S/C9H5F13O2/c10-4(2-1-3(23)24,6(12,13)9(20,21)22)5(11,7(14,15)16)8(17,18)19/h1-2H2,(H,23,24)/p-1. The fraction of sp³-hybridized carbons (Fsp3) is 0.889. The normalized spacial score (nSPS) is 17.5. The summed E-state index contributed by atoms with van der Waals surface area (Å²) in [6.45, 7) is 0. The fourth-order valence-corrected chi connectivity index (χ4v) is 1.65. The topological polar surface area (TPSA) is 40.1 Å². The number of hydrogen-bond donors (Lipinski definition) is 0. The van der Waals surface area contributed by atoms with Gasteiger partial charge in [0.05, 0.1) is 0 Å². The van der Waals surface area contributed by atoms with Crippen LogP contribution in [0.3, 0.4) is 0 Å². The van der Waals surface area contributed by atoms with Gasteiger partial charge in [-0.2, -0.15) is 48.3 Å². The Labute approximate surface area is 123 Å². The van der Waals surface area contributed by atoms with E-state index in [1.54, 1.807) is 0 Å². The third kappa shape index (κ3) is 3.20. The van der Waals surface area contributed by atoms with Gasteiger partial charge in [0.25, 0.3) is 0 Å². The number of halogens is 13. The molecule has 2 nitrogen and oxygen atoms in total. The molecule has 0 aromatic carbocycles. The Morgan fingerprint density at radius 2 is 1.00 bits per heavy atom. The first-order valence-corrected chi connectivity index (χ1v) is 5.32. The van der Waals surface area contributed by atoms with E-state index in [2.05, 4.69) is 0 Å². The third-order valence-electron chi connectivity index (χ3n) is 2.85. The highest BCUT2D eigenvalue weighted by atomic mass is 19.4. The number of carboxylic acids is 1. The maximum Gasteiger partial charge on any atom is 0.456 e. The van der Waals surface area contributed by atoms with Crippen LogP contribution in [-0.2, 0) is 4.79 Å². The van der Waals surface area contributed by atoms with E-state index in [1.165, 1.54) is 0 Å². The number of aliphatic carboxylic acids is 1. The third-order valence-corrected chi connectivity index (χ3v) is 2.85. The maximum atomic E-state index is 13.9. The van der Waals surface area contributed by atoms with Crippen LogP contribution in [0.1, 0.15) is 12.8 Å². The van der Waals surface area contributed by atoms with Gasteiger partial charge in [0.1, 0.15) is 0 Å². The van der Waals surface area contributed by atoms with E-state index in [0.29, 0.717) is 0 Å². The van der Waals surface area contributed by atoms with Crippen LogP contribution in [0.25, 0.3) is 0 Å². The highest BCUT2D eigenvalue weighted by Crippen LogP contribution is 2.62. The van der Waals surface area contributed by atoms with Gasteiger partial charge in [0, 0.05) is 5.97 Å². The van der Waals surface area contributed by atoms with Gasteiger partial charge in [0.2, 0.25) is 5.67 Å². The van der Waals surface area contributed by atoms with E-state index >= 15 is 0 Å². The Kier molecular flexibility index (Phi) is 5.47. The fourth-order valence-electron chi connectivity index (χ4n) is 1.65. The molecule has 0 bridgehead atoms. The van der Waals surface area contributed by atoms with Gasteiger partial charge in [-0.15, -0.1) is 0 Å². The summed E-state index contributed by atoms with van der Waals surface area (Å²) in [5.41, 5.74) is -14.8. The van der Waals surface area contributed by atoms with Gasteiger partial charge in [-0.05, 0) is 12.8 Å². The lowest BCUT2D eigenvalue weighted by Gasteiger charge is -2.45. The van der Waals surface area contributed by atoms with Crippen LogP contribution in [0, 0.1) is 0 Å². The number of carboxylic acid groups (broad SMARTS) is 1. The van der Waals surface area contributed by atoms with E-state index < -0.39 is 54.6 Å². The summed E-state index contributed by atoms with van der Waals surface area (Å²) < 4.78 is 164. The van der Waals surface area contributed by atoms with Gasteiger partial charge in [0.15, 0.2) is 0 Å². The first-order valence-electron chi connectivity index (χ1n) is 5.32. The summed E-state index contributed by atoms with van der Waals surface area (Å²) in [4.78, 5) is 9.96. The molecule has 0 heterocycles. The number of carbonyl (C=O) groups excluding carboxylic acids is 1. The summed E-state index contributed by atoms with van der Waals surface area (Å²) in [6.07, 6.45) is -28.5. The molecule has 0 saturated heterocycles. The SMILES string of the molecule is O=C([O-])CCC(F)(C(F)(F)C(F)(F)F)C(F)(C(F)(F)F)C(F)(F)F. The van der Waals surface area contributed by atoms with Crippen molar-refractivity contribution in [2.75, 3.05) is 0 Å². The zero-order valence-electron chi connectivity index (χ0n) is 10.6. The van der Waals surface area contributed by atoms with Gasteiger partial charge >= 0.3 is 30.1 Å². The lowest BCUT2D eigenvalue weighted by Crippen LogP contribution is -2.74. The predicted molar refractivity (Wildman–Crippen MR) is 45.0 cm³/mol. The molecule has 0 amide bonds. The molecule has 0 radical (unpaired) electrons. The number of rotatable bonds is 5. The molecule has 0 aromatic rings. The highest BCUT2D eigenvalue weighted by Gasteiger charge is 2.91. The molecule has 0 aliphatic heterocycles. The molecular weight excluding hydrogens is 387 g/mol. The quantitative estimate of drug-likeness (QED) is 0.676. The Morgan fingerprint density at radius 1 is 0.667 bits per heavy atom. The summed E-state index contributed by atoms with van der Waals surface area (Å²) in [6, 6.07) is 0. The van der Waals surface area contributed by atoms with Crippen molar-refractivity contribution in [3.8, 4) is 0 Å².